The molecule has 0 bridgehead atoms. The van der Waals surface area contributed by atoms with Gasteiger partial charge in [-0.1, -0.05) is 73.6 Å². The second kappa shape index (κ2) is 10.8. The lowest BCUT2D eigenvalue weighted by Gasteiger charge is -2.51. The zero-order chi connectivity index (χ0) is 29.9. The van der Waals surface area contributed by atoms with Crippen LogP contribution < -0.4 is 11.2 Å². The summed E-state index contributed by atoms with van der Waals surface area (Å²) < 4.78 is 30.4. The van der Waals surface area contributed by atoms with E-state index in [0.29, 0.717) is 11.2 Å². The van der Waals surface area contributed by atoms with Crippen LogP contribution in [0.5, 0.6) is 0 Å². The van der Waals surface area contributed by atoms with Gasteiger partial charge >= 0.3 is 22.8 Å². The molecule has 2 aliphatic heterocycles. The number of rotatable bonds is 6. The van der Waals surface area contributed by atoms with E-state index in [1.54, 1.807) is 30.3 Å². The van der Waals surface area contributed by atoms with Crippen LogP contribution in [0.15, 0.2) is 52.2 Å². The molecule has 2 aromatic rings. The minimum atomic E-state index is -2.88. The summed E-state index contributed by atoms with van der Waals surface area (Å²) in [6.45, 7) is 17.8. The third kappa shape index (κ3) is 4.78. The van der Waals surface area contributed by atoms with Crippen molar-refractivity contribution in [3.63, 3.8) is 0 Å². The van der Waals surface area contributed by atoms with Crippen molar-refractivity contribution >= 4 is 23.0 Å². The summed E-state index contributed by atoms with van der Waals surface area (Å²) in [6.07, 6.45) is 1.63. The Bertz CT molecular complexity index is 1380. The van der Waals surface area contributed by atoms with Gasteiger partial charge in [0.05, 0.1) is 12.7 Å². The van der Waals surface area contributed by atoms with Crippen LogP contribution in [0.25, 0.3) is 0 Å². The summed E-state index contributed by atoms with van der Waals surface area (Å²) in [5.74, 6) is -0.660. The smallest absolute Gasteiger partial charge is 0.340 e. The van der Waals surface area contributed by atoms with Crippen molar-refractivity contribution in [1.29, 1.82) is 0 Å². The number of hydrogen-bond acceptors (Lipinski definition) is 7. The molecule has 0 amide bonds. The van der Waals surface area contributed by atoms with Crippen LogP contribution in [-0.2, 0) is 17.7 Å². The lowest BCUT2D eigenvalue weighted by molar-refractivity contribution is -0.0580. The molecule has 1 aromatic carbocycles. The molecule has 3 atom stereocenters. The first-order chi connectivity index (χ1) is 19.3. The van der Waals surface area contributed by atoms with Crippen molar-refractivity contribution in [3.8, 4) is 0 Å². The normalized spacial score (nSPS) is 26.4. The largest absolute Gasteiger partial charge is 0.414 e. The Balaban J connectivity index is 1.59. The average Bonchev–Trinajstić information content (AvgIpc) is 3.65. The van der Waals surface area contributed by atoms with Gasteiger partial charge in [0, 0.05) is 23.2 Å². The van der Waals surface area contributed by atoms with Crippen LogP contribution in [-0.4, -0.2) is 51.0 Å². The minimum absolute atomic E-state index is 0.164. The summed E-state index contributed by atoms with van der Waals surface area (Å²) >= 11 is 0. The highest BCUT2D eigenvalue weighted by molar-refractivity contribution is 6.84. The van der Waals surface area contributed by atoms with Crippen LogP contribution in [0.2, 0.25) is 22.2 Å². The zero-order valence-electron chi connectivity index (χ0n) is 25.5. The molecule has 0 unspecified atom stereocenters. The van der Waals surface area contributed by atoms with E-state index in [-0.39, 0.29) is 33.8 Å². The van der Waals surface area contributed by atoms with E-state index in [1.807, 2.05) is 0 Å². The molecule has 3 fully saturated rings. The molecule has 41 heavy (non-hydrogen) atoms. The maximum absolute atomic E-state index is 13.8. The Morgan fingerprint density at radius 1 is 0.878 bits per heavy atom. The van der Waals surface area contributed by atoms with Gasteiger partial charge in [-0.3, -0.25) is 14.2 Å². The van der Waals surface area contributed by atoms with E-state index < -0.39 is 52.0 Å². The maximum atomic E-state index is 13.8. The summed E-state index contributed by atoms with van der Waals surface area (Å²) in [4.78, 5) is 39.9. The van der Waals surface area contributed by atoms with Gasteiger partial charge in [0.25, 0.3) is 11.5 Å². The van der Waals surface area contributed by atoms with Gasteiger partial charge in [-0.15, -0.1) is 0 Å². The lowest BCUT2D eigenvalue weighted by atomic mass is 9.96. The first-order valence-electron chi connectivity index (χ1n) is 14.9. The van der Waals surface area contributed by atoms with Crippen molar-refractivity contribution in [3.05, 3.63) is 69.0 Å². The number of aromatic nitrogens is 2. The molecule has 1 spiro atoms. The maximum Gasteiger partial charge on any atom is 0.340 e. The van der Waals surface area contributed by atoms with E-state index >= 15 is 0 Å². The number of ether oxygens (including phenoxy) is 1. The first kappa shape index (κ1) is 30.3. The van der Waals surface area contributed by atoms with Gasteiger partial charge < -0.3 is 17.7 Å². The summed E-state index contributed by atoms with van der Waals surface area (Å²) in [5, 5.41) is 0. The van der Waals surface area contributed by atoms with Crippen molar-refractivity contribution in [1.82, 2.24) is 9.13 Å². The van der Waals surface area contributed by atoms with Crippen LogP contribution in [0.4, 0.5) is 0 Å². The molecular formula is C30H44N2O7Si2. The van der Waals surface area contributed by atoms with Gasteiger partial charge in [0.1, 0.15) is 12.3 Å². The quantitative estimate of drug-likeness (QED) is 0.413. The van der Waals surface area contributed by atoms with Crippen LogP contribution in [0, 0.1) is 5.41 Å². The fourth-order valence-corrected chi connectivity index (χ4v) is 18.2. The Labute approximate surface area is 244 Å². The Kier molecular flexibility index (Phi) is 8.01. The van der Waals surface area contributed by atoms with E-state index in [0.717, 1.165) is 12.8 Å². The van der Waals surface area contributed by atoms with E-state index in [2.05, 4.69) is 55.4 Å². The highest BCUT2D eigenvalue weighted by Gasteiger charge is 2.69. The lowest BCUT2D eigenvalue weighted by Crippen LogP contribution is -2.65. The zero-order valence-corrected chi connectivity index (χ0v) is 27.5. The molecule has 11 heteroatoms. The first-order valence-corrected chi connectivity index (χ1v) is 18.9. The van der Waals surface area contributed by atoms with Gasteiger partial charge in [-0.25, -0.2) is 4.79 Å². The molecule has 2 saturated heterocycles. The SMILES string of the molecule is CC(C)[Si]1(C(C)C)OC[C@H]2O[C@@H](n3ccc(=O)n(C(=O)c4ccccc4)c3=O)C3(CC3)[C@@H]2O[Si](C(C)C)(C(C)C)O1. The van der Waals surface area contributed by atoms with Crippen LogP contribution in [0.3, 0.4) is 0 Å². The second-order valence-corrected chi connectivity index (χ2v) is 22.0. The highest BCUT2D eigenvalue weighted by Crippen LogP contribution is 2.65. The molecule has 9 nitrogen and oxygen atoms in total. The van der Waals surface area contributed by atoms with Gasteiger partial charge in [-0.2, -0.15) is 4.57 Å². The Morgan fingerprint density at radius 3 is 2.00 bits per heavy atom. The fraction of sp³-hybridized carbons (Fsp3) is 0.633. The summed E-state index contributed by atoms with van der Waals surface area (Å²) in [5.41, 5.74) is -0.853. The molecule has 1 aromatic heterocycles. The standard InChI is InChI=1S/C30H44N2O7Si2/c1-19(2)40(20(3)4)36-18-24-26(38-41(39-40,21(5)6)22(7)8)30(15-16-30)28(37-24)31-17-14-25(33)32(29(31)35)27(34)23-12-10-9-11-13-23/h9-14,17,19-22,24,26,28H,15-16,18H2,1-8H3/t24-,26-,28-/m1/s1. The van der Waals surface area contributed by atoms with Gasteiger partial charge in [0.2, 0.25) is 0 Å². The van der Waals surface area contributed by atoms with E-state index in [4.69, 9.17) is 17.7 Å². The molecule has 0 radical (unpaired) electrons. The van der Waals surface area contributed by atoms with Gasteiger partial charge in [-0.05, 0) is 47.1 Å². The van der Waals surface area contributed by atoms with Crippen molar-refractivity contribution in [2.45, 2.75) is 109 Å². The molecule has 1 saturated carbocycles. The predicted molar refractivity (Wildman–Crippen MR) is 161 cm³/mol. The van der Waals surface area contributed by atoms with Crippen LogP contribution in [0.1, 0.15) is 84.8 Å². The highest BCUT2D eigenvalue weighted by atomic mass is 28.5. The number of carbonyl (C=O) groups is 1. The predicted octanol–water partition coefficient (Wildman–Crippen LogP) is 5.33. The second-order valence-electron chi connectivity index (χ2n) is 13.1. The van der Waals surface area contributed by atoms with Crippen molar-refractivity contribution in [2.24, 2.45) is 5.41 Å². The monoisotopic (exact) mass is 600 g/mol. The van der Waals surface area contributed by atoms with E-state index in [1.165, 1.54) is 16.8 Å². The topological polar surface area (TPSA) is 98.0 Å². The van der Waals surface area contributed by atoms with Crippen molar-refractivity contribution < 1.29 is 22.5 Å². The number of carbonyl (C=O) groups excluding carboxylic acids is 1. The summed E-state index contributed by atoms with van der Waals surface area (Å²) in [6, 6.07) is 9.62. The van der Waals surface area contributed by atoms with Crippen LogP contribution >= 0.6 is 0 Å². The number of fused-ring (bicyclic) bond motifs is 2. The molecule has 3 heterocycles. The molecule has 3 aliphatic rings. The minimum Gasteiger partial charge on any atom is -0.414 e. The molecular weight excluding hydrogens is 557 g/mol. The molecule has 224 valence electrons. The molecule has 1 aliphatic carbocycles. The molecule has 0 N–H and O–H groups in total. The third-order valence-electron chi connectivity index (χ3n) is 9.34. The third-order valence-corrected chi connectivity index (χ3v) is 19.6. The summed E-state index contributed by atoms with van der Waals surface area (Å²) in [7, 11) is -5.63. The van der Waals surface area contributed by atoms with Crippen molar-refractivity contribution in [2.75, 3.05) is 6.61 Å². The van der Waals surface area contributed by atoms with E-state index in [9.17, 15) is 14.4 Å². The number of benzene rings is 1. The number of hydrogen-bond donors (Lipinski definition) is 0. The molecule has 5 rings (SSSR count). The Hall–Kier alpha value is -2.16. The Morgan fingerprint density at radius 2 is 1.46 bits per heavy atom. The average molecular weight is 601 g/mol. The number of nitrogens with zero attached hydrogens (tertiary/aromatic N) is 2. The fourth-order valence-electron chi connectivity index (χ4n) is 6.91. The van der Waals surface area contributed by atoms with Gasteiger partial charge in [0.15, 0.2) is 0 Å².